The Labute approximate surface area is 180 Å². The van der Waals surface area contributed by atoms with Crippen LogP contribution in [0.25, 0.3) is 0 Å². The zero-order chi connectivity index (χ0) is 19.0. The van der Waals surface area contributed by atoms with Crippen molar-refractivity contribution in [1.82, 2.24) is 0 Å². The van der Waals surface area contributed by atoms with Crippen molar-refractivity contribution in [3.05, 3.63) is 11.6 Å². The topological polar surface area (TPSA) is 38.7 Å². The van der Waals surface area contributed by atoms with Gasteiger partial charge < -0.3 is 14.6 Å². The molecule has 3 nitrogen and oxygen atoms in total. The Morgan fingerprint density at radius 1 is 1.07 bits per heavy atom. The first-order valence-electron chi connectivity index (χ1n) is 10.1. The molecule has 0 radical (unpaired) electrons. The van der Waals surface area contributed by atoms with Gasteiger partial charge in [-0.05, 0) is 80.5 Å². The Bertz CT molecular complexity index is 557. The minimum atomic E-state index is -0.548. The van der Waals surface area contributed by atoms with E-state index in [4.69, 9.17) is 9.47 Å². The number of rotatable bonds is 3. The van der Waals surface area contributed by atoms with Crippen molar-refractivity contribution in [1.29, 1.82) is 0 Å². The van der Waals surface area contributed by atoms with E-state index >= 15 is 0 Å². The molecule has 0 aromatic carbocycles. The van der Waals surface area contributed by atoms with Crippen molar-refractivity contribution in [2.75, 3.05) is 30.1 Å². The highest BCUT2D eigenvalue weighted by Gasteiger charge is 2.53. The summed E-state index contributed by atoms with van der Waals surface area (Å²) in [7, 11) is 1.75. The Kier molecular flexibility index (Phi) is 6.80. The van der Waals surface area contributed by atoms with Crippen molar-refractivity contribution < 1.29 is 14.6 Å². The number of methoxy groups -OCH3 is 1. The minimum absolute atomic E-state index is 0.00656. The Morgan fingerprint density at radius 3 is 2.33 bits per heavy atom. The van der Waals surface area contributed by atoms with Gasteiger partial charge in [0, 0.05) is 7.11 Å². The largest absolute Gasteiger partial charge is 0.386 e. The van der Waals surface area contributed by atoms with Gasteiger partial charge in [-0.2, -0.15) is 0 Å². The number of aliphatic hydroxyl groups is 1. The molecule has 0 aromatic rings. The lowest BCUT2D eigenvalue weighted by atomic mass is 9.82. The molecule has 1 N–H and O–H groups in total. The lowest BCUT2D eigenvalue weighted by molar-refractivity contribution is -0.244. The third kappa shape index (κ3) is 4.26. The van der Waals surface area contributed by atoms with Crippen LogP contribution < -0.4 is 0 Å². The van der Waals surface area contributed by atoms with Gasteiger partial charge in [-0.25, -0.2) is 0 Å². The number of ether oxygens (including phenoxy) is 2. The van der Waals surface area contributed by atoms with Crippen molar-refractivity contribution in [2.45, 2.75) is 78.0 Å². The number of aliphatic hydroxyl groups excluding tert-OH is 1. The summed E-state index contributed by atoms with van der Waals surface area (Å²) in [4.78, 5) is 0. The molecule has 0 amide bonds. The standard InChI is InChI=1S/C20H32O3S4/c1-18(9-10-20(17(22-2)23-18)26-13-4-14-27-20)16(21)15-5-7-19(8-6-15)24-11-3-12-25-19/h5,16-17,21H,3-4,6-14H2,1-2H3/t16-,17-,18-/m0/s1. The van der Waals surface area contributed by atoms with Gasteiger partial charge >= 0.3 is 0 Å². The smallest absolute Gasteiger partial charge is 0.181 e. The van der Waals surface area contributed by atoms with E-state index in [1.807, 2.05) is 23.5 Å². The van der Waals surface area contributed by atoms with E-state index in [0.717, 1.165) is 25.7 Å². The maximum atomic E-state index is 11.3. The van der Waals surface area contributed by atoms with E-state index in [2.05, 4.69) is 36.5 Å². The fraction of sp³-hybridized carbons (Fsp3) is 0.900. The van der Waals surface area contributed by atoms with Crippen LogP contribution >= 0.6 is 47.0 Å². The lowest BCUT2D eigenvalue weighted by Crippen LogP contribution is -2.57. The zero-order valence-electron chi connectivity index (χ0n) is 16.4. The lowest BCUT2D eigenvalue weighted by Gasteiger charge is -2.52. The van der Waals surface area contributed by atoms with E-state index in [0.29, 0.717) is 4.08 Å². The second kappa shape index (κ2) is 8.64. The summed E-state index contributed by atoms with van der Waals surface area (Å²) in [6, 6.07) is 0. The maximum absolute atomic E-state index is 11.3. The molecule has 7 heteroatoms. The second-order valence-electron chi connectivity index (χ2n) is 8.21. The van der Waals surface area contributed by atoms with Gasteiger partial charge in [0.2, 0.25) is 0 Å². The summed E-state index contributed by atoms with van der Waals surface area (Å²) in [6.07, 6.45) is 9.31. The highest BCUT2D eigenvalue weighted by atomic mass is 32.2. The summed E-state index contributed by atoms with van der Waals surface area (Å²) >= 11 is 8.25. The molecular formula is C20H32O3S4. The van der Waals surface area contributed by atoms with E-state index in [9.17, 15) is 5.11 Å². The van der Waals surface area contributed by atoms with E-state index in [1.54, 1.807) is 7.11 Å². The molecule has 0 aromatic heterocycles. The van der Waals surface area contributed by atoms with Gasteiger partial charge in [-0.15, -0.1) is 47.0 Å². The highest BCUT2D eigenvalue weighted by molar-refractivity contribution is 8.19. The maximum Gasteiger partial charge on any atom is 0.181 e. The molecule has 154 valence electrons. The molecule has 0 saturated carbocycles. The fourth-order valence-electron chi connectivity index (χ4n) is 4.58. The van der Waals surface area contributed by atoms with E-state index in [-0.39, 0.29) is 10.4 Å². The van der Waals surface area contributed by atoms with Gasteiger partial charge in [-0.1, -0.05) is 6.08 Å². The third-order valence-electron chi connectivity index (χ3n) is 6.32. The van der Waals surface area contributed by atoms with E-state index < -0.39 is 11.7 Å². The molecule has 0 bridgehead atoms. The number of hydrogen-bond donors (Lipinski definition) is 1. The average Bonchev–Trinajstić information content (AvgIpc) is 2.71. The van der Waals surface area contributed by atoms with Crippen LogP contribution in [0, 0.1) is 0 Å². The predicted molar refractivity (Wildman–Crippen MR) is 122 cm³/mol. The third-order valence-corrected chi connectivity index (χ3v) is 13.3. The molecule has 4 aliphatic rings. The molecule has 3 fully saturated rings. The molecule has 2 spiro atoms. The van der Waals surface area contributed by atoms with Crippen LogP contribution in [0.1, 0.15) is 51.9 Å². The van der Waals surface area contributed by atoms with Crippen LogP contribution in [-0.2, 0) is 9.47 Å². The molecular weight excluding hydrogens is 416 g/mol. The number of allylic oxidation sites excluding steroid dienone is 1. The normalized spacial score (nSPS) is 37.1. The quantitative estimate of drug-likeness (QED) is 0.600. The van der Waals surface area contributed by atoms with Crippen molar-refractivity contribution in [3.63, 3.8) is 0 Å². The molecule has 3 saturated heterocycles. The molecule has 4 rings (SSSR count). The monoisotopic (exact) mass is 448 g/mol. The molecule has 1 aliphatic carbocycles. The van der Waals surface area contributed by atoms with Crippen molar-refractivity contribution in [2.24, 2.45) is 0 Å². The highest BCUT2D eigenvalue weighted by Crippen LogP contribution is 2.56. The minimum Gasteiger partial charge on any atom is -0.386 e. The first-order chi connectivity index (χ1) is 13.0. The van der Waals surface area contributed by atoms with Gasteiger partial charge in [0.1, 0.15) is 10.2 Å². The summed E-state index contributed by atoms with van der Waals surface area (Å²) in [5, 5.41) is 11.3. The zero-order valence-corrected chi connectivity index (χ0v) is 19.7. The number of thioether (sulfide) groups is 4. The molecule has 3 atom stereocenters. The van der Waals surface area contributed by atoms with Gasteiger partial charge in [0.25, 0.3) is 0 Å². The Balaban J connectivity index is 1.44. The van der Waals surface area contributed by atoms with Crippen LogP contribution in [0.3, 0.4) is 0 Å². The first kappa shape index (κ1) is 21.3. The van der Waals surface area contributed by atoms with Crippen LogP contribution in [0.15, 0.2) is 11.6 Å². The van der Waals surface area contributed by atoms with E-state index in [1.165, 1.54) is 47.8 Å². The number of hydrogen-bond acceptors (Lipinski definition) is 7. The van der Waals surface area contributed by atoms with Gasteiger partial charge in [-0.3, -0.25) is 0 Å². The molecule has 3 heterocycles. The first-order valence-corrected chi connectivity index (χ1v) is 14.1. The Hall–Kier alpha value is 1.02. The Morgan fingerprint density at radius 2 is 1.74 bits per heavy atom. The summed E-state index contributed by atoms with van der Waals surface area (Å²) in [5.74, 6) is 4.93. The fourth-order valence-corrected chi connectivity index (χ4v) is 11.1. The van der Waals surface area contributed by atoms with Crippen LogP contribution in [0.2, 0.25) is 0 Å². The summed E-state index contributed by atoms with van der Waals surface area (Å²) < 4.78 is 12.7. The van der Waals surface area contributed by atoms with Crippen LogP contribution in [0.4, 0.5) is 0 Å². The van der Waals surface area contributed by atoms with Crippen LogP contribution in [0.5, 0.6) is 0 Å². The van der Waals surface area contributed by atoms with Crippen LogP contribution in [-0.4, -0.2) is 61.4 Å². The summed E-state index contributed by atoms with van der Waals surface area (Å²) in [6.45, 7) is 2.09. The molecule has 3 aliphatic heterocycles. The predicted octanol–water partition coefficient (Wildman–Crippen LogP) is 5.13. The van der Waals surface area contributed by atoms with Gasteiger partial charge in [0.15, 0.2) is 6.29 Å². The van der Waals surface area contributed by atoms with Gasteiger partial charge in [0.05, 0.1) is 9.68 Å². The summed E-state index contributed by atoms with van der Waals surface area (Å²) in [5.41, 5.74) is 0.637. The van der Waals surface area contributed by atoms with Crippen molar-refractivity contribution >= 4 is 47.0 Å². The van der Waals surface area contributed by atoms with Crippen molar-refractivity contribution in [3.8, 4) is 0 Å². The molecule has 27 heavy (non-hydrogen) atoms. The average molecular weight is 449 g/mol. The second-order valence-corrected chi connectivity index (χ2v) is 14.5. The SMILES string of the molecule is CO[C@H]1O[C@](C)([C@@H](O)C2=CCC3(CC2)SCCCS3)CCC12SCCCS2. The molecule has 0 unspecified atom stereocenters.